The molecule has 2 aliphatic rings. The molecule has 0 saturated carbocycles. The predicted octanol–water partition coefficient (Wildman–Crippen LogP) is 5.41. The molecule has 2 fully saturated rings. The van der Waals surface area contributed by atoms with Crippen LogP contribution >= 0.6 is 0 Å². The lowest BCUT2D eigenvalue weighted by molar-refractivity contribution is -0.126. The first-order valence-electron chi connectivity index (χ1n) is 13.0. The second kappa shape index (κ2) is 10.5. The molecule has 0 aliphatic carbocycles. The summed E-state index contributed by atoms with van der Waals surface area (Å²) in [5.41, 5.74) is 2.94. The molecule has 9 heteroatoms. The molecule has 0 unspecified atom stereocenters. The van der Waals surface area contributed by atoms with Gasteiger partial charge in [0.25, 0.3) is 5.91 Å². The smallest absolute Gasteiger partial charge is 0.343 e. The van der Waals surface area contributed by atoms with E-state index in [1.54, 1.807) is 35.4 Å². The standard InChI is InChI=1S/C32H25FN2O6/c1-19-8-15-23(16-9-19)34-30(36)27-28(35(41-29(27)31(34)37)24-6-4-3-5-7-24)21-12-17-25(26(18-21)39-2)40-32(38)20-10-13-22(33)14-11-20/h3-18,27-29H,1-2H3/t27-,28-,29-/m0/s1. The van der Waals surface area contributed by atoms with Gasteiger partial charge in [-0.1, -0.05) is 42.0 Å². The Morgan fingerprint density at radius 1 is 0.829 bits per heavy atom. The molecule has 2 amide bonds. The number of halogens is 1. The van der Waals surface area contributed by atoms with Gasteiger partial charge in [-0.25, -0.2) is 19.1 Å². The van der Waals surface area contributed by atoms with Crippen molar-refractivity contribution in [2.75, 3.05) is 17.1 Å². The van der Waals surface area contributed by atoms with Gasteiger partial charge in [0.15, 0.2) is 17.6 Å². The molecule has 0 aromatic heterocycles. The van der Waals surface area contributed by atoms with Crippen LogP contribution in [0, 0.1) is 18.7 Å². The van der Waals surface area contributed by atoms with Crippen molar-refractivity contribution in [2.24, 2.45) is 5.92 Å². The Morgan fingerprint density at radius 3 is 2.22 bits per heavy atom. The first-order chi connectivity index (χ1) is 19.9. The highest BCUT2D eigenvalue weighted by Crippen LogP contribution is 2.48. The van der Waals surface area contributed by atoms with Crippen molar-refractivity contribution in [3.05, 3.63) is 120 Å². The van der Waals surface area contributed by atoms with Crippen LogP contribution in [0.15, 0.2) is 97.1 Å². The van der Waals surface area contributed by atoms with E-state index >= 15 is 0 Å². The van der Waals surface area contributed by atoms with E-state index in [1.807, 2.05) is 49.4 Å². The number of fused-ring (bicyclic) bond motifs is 1. The molecular weight excluding hydrogens is 527 g/mol. The monoisotopic (exact) mass is 552 g/mol. The van der Waals surface area contributed by atoms with Crippen LogP contribution in [0.3, 0.4) is 0 Å². The minimum Gasteiger partial charge on any atom is -0.493 e. The molecule has 0 radical (unpaired) electrons. The summed E-state index contributed by atoms with van der Waals surface area (Å²) in [4.78, 5) is 47.5. The van der Waals surface area contributed by atoms with E-state index in [4.69, 9.17) is 14.3 Å². The van der Waals surface area contributed by atoms with Gasteiger partial charge in [0.2, 0.25) is 5.91 Å². The fourth-order valence-corrected chi connectivity index (χ4v) is 5.20. The summed E-state index contributed by atoms with van der Waals surface area (Å²) in [5.74, 6) is -2.44. The van der Waals surface area contributed by atoms with Crippen molar-refractivity contribution in [2.45, 2.75) is 19.1 Å². The second-order valence-electron chi connectivity index (χ2n) is 9.81. The topological polar surface area (TPSA) is 85.4 Å². The van der Waals surface area contributed by atoms with Crippen LogP contribution in [0.1, 0.15) is 27.5 Å². The molecule has 0 bridgehead atoms. The zero-order chi connectivity index (χ0) is 28.7. The maximum atomic E-state index is 13.9. The lowest BCUT2D eigenvalue weighted by atomic mass is 9.90. The highest BCUT2D eigenvalue weighted by atomic mass is 19.1. The van der Waals surface area contributed by atoms with E-state index in [-0.39, 0.29) is 23.0 Å². The Bertz CT molecular complexity index is 1620. The lowest BCUT2D eigenvalue weighted by Crippen LogP contribution is -2.37. The van der Waals surface area contributed by atoms with Crippen molar-refractivity contribution in [3.63, 3.8) is 0 Å². The zero-order valence-corrected chi connectivity index (χ0v) is 22.2. The maximum Gasteiger partial charge on any atom is 0.343 e. The molecule has 206 valence electrons. The highest BCUT2D eigenvalue weighted by molar-refractivity contribution is 6.23. The van der Waals surface area contributed by atoms with Crippen molar-refractivity contribution in [3.8, 4) is 11.5 Å². The number of para-hydroxylation sites is 1. The molecule has 4 aromatic carbocycles. The summed E-state index contributed by atoms with van der Waals surface area (Å²) in [6, 6.07) is 25.6. The van der Waals surface area contributed by atoms with Crippen LogP contribution in [0.5, 0.6) is 11.5 Å². The predicted molar refractivity (Wildman–Crippen MR) is 148 cm³/mol. The number of amides is 2. The van der Waals surface area contributed by atoms with Gasteiger partial charge in [0.05, 0.1) is 30.1 Å². The Hall–Kier alpha value is -5.02. The van der Waals surface area contributed by atoms with Crippen LogP contribution in [0.4, 0.5) is 15.8 Å². The van der Waals surface area contributed by atoms with E-state index in [0.717, 1.165) is 5.56 Å². The van der Waals surface area contributed by atoms with Crippen molar-refractivity contribution >= 4 is 29.2 Å². The van der Waals surface area contributed by atoms with Crippen molar-refractivity contribution in [1.82, 2.24) is 0 Å². The minimum atomic E-state index is -1.03. The number of esters is 1. The zero-order valence-electron chi connectivity index (χ0n) is 22.2. The quantitative estimate of drug-likeness (QED) is 0.180. The van der Waals surface area contributed by atoms with Gasteiger partial charge in [-0.2, -0.15) is 0 Å². The van der Waals surface area contributed by atoms with E-state index in [2.05, 4.69) is 0 Å². The van der Waals surface area contributed by atoms with E-state index < -0.39 is 35.8 Å². The number of methoxy groups -OCH3 is 1. The van der Waals surface area contributed by atoms with Gasteiger partial charge in [-0.05, 0) is 73.2 Å². The van der Waals surface area contributed by atoms with Crippen LogP contribution in [-0.4, -0.2) is 31.0 Å². The summed E-state index contributed by atoms with van der Waals surface area (Å²) < 4.78 is 24.4. The third kappa shape index (κ3) is 4.70. The number of imide groups is 1. The number of hydrogen-bond donors (Lipinski definition) is 0. The number of aryl methyl sites for hydroxylation is 1. The molecule has 2 aliphatic heterocycles. The van der Waals surface area contributed by atoms with Gasteiger partial charge in [0, 0.05) is 0 Å². The number of nitrogens with zero attached hydrogens (tertiary/aromatic N) is 2. The van der Waals surface area contributed by atoms with Crippen molar-refractivity contribution in [1.29, 1.82) is 0 Å². The molecule has 3 atom stereocenters. The SMILES string of the molecule is COc1cc([C@H]2[C@@H]3C(=O)N(c4ccc(C)cc4)C(=O)[C@H]3ON2c2ccccc2)ccc1OC(=O)c1ccc(F)cc1. The molecule has 4 aromatic rings. The van der Waals surface area contributed by atoms with E-state index in [9.17, 15) is 18.8 Å². The Balaban J connectivity index is 1.36. The summed E-state index contributed by atoms with van der Waals surface area (Å²) in [6.45, 7) is 1.93. The van der Waals surface area contributed by atoms with Crippen LogP contribution in [-0.2, 0) is 14.4 Å². The number of carbonyl (C=O) groups is 3. The average molecular weight is 553 g/mol. The van der Waals surface area contributed by atoms with Crippen molar-refractivity contribution < 1.29 is 33.1 Å². The fourth-order valence-electron chi connectivity index (χ4n) is 5.20. The highest BCUT2D eigenvalue weighted by Gasteiger charge is 2.60. The Kier molecular flexibility index (Phi) is 6.72. The van der Waals surface area contributed by atoms with Gasteiger partial charge < -0.3 is 9.47 Å². The number of rotatable bonds is 6. The van der Waals surface area contributed by atoms with Crippen LogP contribution < -0.4 is 19.4 Å². The third-order valence-electron chi connectivity index (χ3n) is 7.23. The number of hydrogen-bond acceptors (Lipinski definition) is 7. The second-order valence-corrected chi connectivity index (χ2v) is 9.81. The molecule has 6 rings (SSSR count). The molecule has 2 saturated heterocycles. The van der Waals surface area contributed by atoms with Gasteiger partial charge in [0.1, 0.15) is 11.7 Å². The summed E-state index contributed by atoms with van der Waals surface area (Å²) in [6.07, 6.45) is -1.03. The average Bonchev–Trinajstić information content (AvgIpc) is 3.50. The van der Waals surface area contributed by atoms with E-state index in [1.165, 1.54) is 36.3 Å². The Morgan fingerprint density at radius 2 is 1.54 bits per heavy atom. The van der Waals surface area contributed by atoms with Gasteiger partial charge in [-0.3, -0.25) is 14.4 Å². The first kappa shape index (κ1) is 26.2. The number of carbonyl (C=O) groups excluding carboxylic acids is 3. The van der Waals surface area contributed by atoms with Crippen LogP contribution in [0.25, 0.3) is 0 Å². The van der Waals surface area contributed by atoms with E-state index in [0.29, 0.717) is 16.9 Å². The third-order valence-corrected chi connectivity index (χ3v) is 7.23. The largest absolute Gasteiger partial charge is 0.493 e. The fraction of sp³-hybridized carbons (Fsp3) is 0.156. The van der Waals surface area contributed by atoms with Crippen LogP contribution in [0.2, 0.25) is 0 Å². The molecule has 8 nitrogen and oxygen atoms in total. The minimum absolute atomic E-state index is 0.141. The summed E-state index contributed by atoms with van der Waals surface area (Å²) in [7, 11) is 1.43. The number of benzene rings is 4. The Labute approximate surface area is 235 Å². The maximum absolute atomic E-state index is 13.9. The van der Waals surface area contributed by atoms with Gasteiger partial charge >= 0.3 is 5.97 Å². The molecule has 41 heavy (non-hydrogen) atoms. The first-order valence-corrected chi connectivity index (χ1v) is 13.0. The molecule has 2 heterocycles. The van der Waals surface area contributed by atoms with Gasteiger partial charge in [-0.15, -0.1) is 0 Å². The number of ether oxygens (including phenoxy) is 2. The summed E-state index contributed by atoms with van der Waals surface area (Å²) in [5, 5.41) is 1.58. The normalized spacial score (nSPS) is 19.8. The molecule has 0 spiro atoms. The molecular formula is C32H25FN2O6. The summed E-state index contributed by atoms with van der Waals surface area (Å²) >= 11 is 0. The lowest BCUT2D eigenvalue weighted by Gasteiger charge is -2.29. The number of anilines is 2. The number of hydroxylamine groups is 1. The molecule has 0 N–H and O–H groups in total.